The molecule has 2 N–H and O–H groups in total. The first-order valence-electron chi connectivity index (χ1n) is 5.04. The van der Waals surface area contributed by atoms with Gasteiger partial charge in [0.15, 0.2) is 0 Å². The molecule has 0 bridgehead atoms. The molecule has 3 nitrogen and oxygen atoms in total. The Hall–Kier alpha value is -0.280. The largest absolute Gasteiger partial charge is 0.480 e. The van der Waals surface area contributed by atoms with Crippen LogP contribution in [0.2, 0.25) is 0 Å². The number of aliphatic carboxylic acids is 1. The highest BCUT2D eigenvalue weighted by Gasteiger charge is 2.17. The van der Waals surface area contributed by atoms with Gasteiger partial charge in [-0.3, -0.25) is 4.79 Å². The second-order valence-electron chi connectivity index (χ2n) is 3.83. The summed E-state index contributed by atoms with van der Waals surface area (Å²) in [7, 11) is 0. The molecule has 0 fully saturated rings. The minimum atomic E-state index is -0.732. The highest BCUT2D eigenvalue weighted by molar-refractivity contribution is 5.85. The van der Waals surface area contributed by atoms with Crippen LogP contribution in [0.4, 0.5) is 0 Å². The van der Waals surface area contributed by atoms with Gasteiger partial charge in [-0.15, -0.1) is 12.4 Å². The van der Waals surface area contributed by atoms with Crippen LogP contribution in [0.25, 0.3) is 0 Å². The second kappa shape index (κ2) is 9.28. The van der Waals surface area contributed by atoms with Gasteiger partial charge < -0.3 is 10.4 Å². The molecule has 0 aliphatic carbocycles. The average Bonchev–Trinajstić information content (AvgIpc) is 2.02. The fraction of sp³-hybridized carbons (Fsp3) is 0.900. The van der Waals surface area contributed by atoms with Gasteiger partial charge in [-0.25, -0.2) is 0 Å². The molecule has 1 unspecified atom stereocenters. The molecule has 0 heterocycles. The van der Waals surface area contributed by atoms with Crippen LogP contribution in [0.3, 0.4) is 0 Å². The van der Waals surface area contributed by atoms with Crippen molar-refractivity contribution < 1.29 is 9.90 Å². The van der Waals surface area contributed by atoms with Crippen molar-refractivity contribution >= 4 is 18.4 Å². The maximum absolute atomic E-state index is 10.8. The molecule has 0 radical (unpaired) electrons. The van der Waals surface area contributed by atoms with E-state index in [-0.39, 0.29) is 18.4 Å². The van der Waals surface area contributed by atoms with E-state index in [0.717, 1.165) is 19.4 Å². The monoisotopic (exact) mass is 223 g/mol. The van der Waals surface area contributed by atoms with Gasteiger partial charge >= 0.3 is 5.97 Å². The Morgan fingerprint density at radius 1 is 1.43 bits per heavy atom. The molecule has 0 saturated carbocycles. The third kappa shape index (κ3) is 8.32. The van der Waals surface area contributed by atoms with Crippen LogP contribution in [0.5, 0.6) is 0 Å². The number of nitrogens with one attached hydrogen (secondary N) is 1. The van der Waals surface area contributed by atoms with E-state index in [0.29, 0.717) is 12.3 Å². The highest BCUT2D eigenvalue weighted by Crippen LogP contribution is 2.04. The normalized spacial score (nSPS) is 12.3. The van der Waals surface area contributed by atoms with Crippen LogP contribution in [-0.4, -0.2) is 23.7 Å². The summed E-state index contributed by atoms with van der Waals surface area (Å²) in [5, 5.41) is 11.9. The Bertz CT molecular complexity index is 151. The quantitative estimate of drug-likeness (QED) is 0.652. The Labute approximate surface area is 92.7 Å². The van der Waals surface area contributed by atoms with Gasteiger partial charge in [0.2, 0.25) is 0 Å². The van der Waals surface area contributed by atoms with E-state index in [9.17, 15) is 4.79 Å². The smallest absolute Gasteiger partial charge is 0.320 e. The number of hydrogen-bond acceptors (Lipinski definition) is 2. The number of carboxylic acid groups (broad SMARTS) is 1. The lowest BCUT2D eigenvalue weighted by Gasteiger charge is -2.15. The van der Waals surface area contributed by atoms with E-state index in [2.05, 4.69) is 12.2 Å². The summed E-state index contributed by atoms with van der Waals surface area (Å²) >= 11 is 0. The summed E-state index contributed by atoms with van der Waals surface area (Å²) in [6, 6.07) is -0.369. The van der Waals surface area contributed by atoms with Crippen LogP contribution in [-0.2, 0) is 4.79 Å². The fourth-order valence-corrected chi connectivity index (χ4v) is 1.20. The fourth-order valence-electron chi connectivity index (χ4n) is 1.20. The summed E-state index contributed by atoms with van der Waals surface area (Å²) < 4.78 is 0. The van der Waals surface area contributed by atoms with E-state index < -0.39 is 5.97 Å². The molecule has 0 amide bonds. The minimum absolute atomic E-state index is 0. The molecule has 0 aromatic heterocycles. The highest BCUT2D eigenvalue weighted by atomic mass is 35.5. The maximum atomic E-state index is 10.8. The molecule has 0 saturated heterocycles. The SMILES string of the molecule is CCCCNC(CC(C)C)C(=O)O.Cl. The third-order valence-electron chi connectivity index (χ3n) is 1.93. The first kappa shape index (κ1) is 16.2. The molecule has 1 atom stereocenters. The molecular weight excluding hydrogens is 202 g/mol. The molecule has 4 heteroatoms. The van der Waals surface area contributed by atoms with Gasteiger partial charge in [-0.05, 0) is 25.3 Å². The summed E-state index contributed by atoms with van der Waals surface area (Å²) in [5.74, 6) is -0.306. The van der Waals surface area contributed by atoms with E-state index in [1.54, 1.807) is 0 Å². The number of unbranched alkanes of at least 4 members (excludes halogenated alkanes) is 1. The van der Waals surface area contributed by atoms with Crippen molar-refractivity contribution in [1.82, 2.24) is 5.32 Å². The van der Waals surface area contributed by atoms with Crippen molar-refractivity contribution in [3.05, 3.63) is 0 Å². The number of rotatable bonds is 7. The zero-order valence-corrected chi connectivity index (χ0v) is 10.1. The summed E-state index contributed by atoms with van der Waals surface area (Å²) in [5.41, 5.74) is 0. The first-order chi connectivity index (χ1) is 6.07. The number of halogens is 1. The molecule has 0 aliphatic rings. The van der Waals surface area contributed by atoms with Gasteiger partial charge in [0, 0.05) is 0 Å². The number of carboxylic acids is 1. The number of hydrogen-bond donors (Lipinski definition) is 2. The average molecular weight is 224 g/mol. The predicted molar refractivity (Wildman–Crippen MR) is 61.0 cm³/mol. The lowest BCUT2D eigenvalue weighted by Crippen LogP contribution is -2.38. The van der Waals surface area contributed by atoms with Crippen molar-refractivity contribution in [2.75, 3.05) is 6.54 Å². The molecule has 0 aromatic carbocycles. The molecular formula is C10H22ClNO2. The van der Waals surface area contributed by atoms with Gasteiger partial charge in [-0.1, -0.05) is 27.2 Å². The Morgan fingerprint density at radius 2 is 2.00 bits per heavy atom. The molecule has 0 spiro atoms. The lowest BCUT2D eigenvalue weighted by molar-refractivity contribution is -0.139. The minimum Gasteiger partial charge on any atom is -0.480 e. The standard InChI is InChI=1S/C10H21NO2.ClH/c1-4-5-6-11-9(10(12)13)7-8(2)3;/h8-9,11H,4-7H2,1-3H3,(H,12,13);1H. The summed E-state index contributed by atoms with van der Waals surface area (Å²) in [6.07, 6.45) is 2.85. The zero-order chi connectivity index (χ0) is 10.3. The summed E-state index contributed by atoms with van der Waals surface area (Å²) in [6.45, 7) is 6.98. The van der Waals surface area contributed by atoms with E-state index in [4.69, 9.17) is 5.11 Å². The lowest BCUT2D eigenvalue weighted by atomic mass is 10.0. The van der Waals surface area contributed by atoms with Crippen LogP contribution >= 0.6 is 12.4 Å². The molecule has 0 aliphatic heterocycles. The first-order valence-corrected chi connectivity index (χ1v) is 5.04. The van der Waals surface area contributed by atoms with Crippen LogP contribution in [0.15, 0.2) is 0 Å². The Balaban J connectivity index is 0. The van der Waals surface area contributed by atoms with Crippen LogP contribution in [0.1, 0.15) is 40.0 Å². The molecule has 14 heavy (non-hydrogen) atoms. The van der Waals surface area contributed by atoms with Crippen molar-refractivity contribution in [3.8, 4) is 0 Å². The van der Waals surface area contributed by atoms with Crippen molar-refractivity contribution in [3.63, 3.8) is 0 Å². The van der Waals surface area contributed by atoms with Crippen molar-refractivity contribution in [2.45, 2.75) is 46.1 Å². The van der Waals surface area contributed by atoms with Gasteiger partial charge in [0.1, 0.15) is 6.04 Å². The molecule has 0 aromatic rings. The Morgan fingerprint density at radius 3 is 2.36 bits per heavy atom. The molecule has 86 valence electrons. The predicted octanol–water partition coefficient (Wildman–Crippen LogP) is 2.30. The number of carbonyl (C=O) groups is 1. The van der Waals surface area contributed by atoms with Crippen LogP contribution < -0.4 is 5.32 Å². The maximum Gasteiger partial charge on any atom is 0.320 e. The van der Waals surface area contributed by atoms with Gasteiger partial charge in [0.25, 0.3) is 0 Å². The van der Waals surface area contributed by atoms with Crippen molar-refractivity contribution in [1.29, 1.82) is 0 Å². The Kier molecular flexibility index (Phi) is 10.7. The summed E-state index contributed by atoms with van der Waals surface area (Å²) in [4.78, 5) is 10.8. The zero-order valence-electron chi connectivity index (χ0n) is 9.25. The third-order valence-corrected chi connectivity index (χ3v) is 1.93. The van der Waals surface area contributed by atoms with E-state index >= 15 is 0 Å². The van der Waals surface area contributed by atoms with Crippen molar-refractivity contribution in [2.24, 2.45) is 5.92 Å². The van der Waals surface area contributed by atoms with E-state index in [1.807, 2.05) is 13.8 Å². The van der Waals surface area contributed by atoms with Crippen LogP contribution in [0, 0.1) is 5.92 Å². The molecule has 0 rings (SSSR count). The topological polar surface area (TPSA) is 49.3 Å². The second-order valence-corrected chi connectivity index (χ2v) is 3.83. The van der Waals surface area contributed by atoms with Gasteiger partial charge in [-0.2, -0.15) is 0 Å². The van der Waals surface area contributed by atoms with E-state index in [1.165, 1.54) is 0 Å². The van der Waals surface area contributed by atoms with Gasteiger partial charge in [0.05, 0.1) is 0 Å².